The van der Waals surface area contributed by atoms with E-state index in [1.54, 1.807) is 6.20 Å². The van der Waals surface area contributed by atoms with E-state index in [9.17, 15) is 14.4 Å². The highest BCUT2D eigenvalue weighted by molar-refractivity contribution is 5.98. The van der Waals surface area contributed by atoms with Crippen molar-refractivity contribution in [2.45, 2.75) is 51.2 Å². The Bertz CT molecular complexity index is 890. The molecule has 2 aromatic rings. The zero-order chi connectivity index (χ0) is 21.5. The number of aromatic nitrogens is 2. The number of methoxy groups -OCH3 is 1. The number of carbonyl (C=O) groups excluding carboxylic acids is 3. The van der Waals surface area contributed by atoms with Crippen molar-refractivity contribution in [2.24, 2.45) is 0 Å². The molecule has 1 saturated carbocycles. The first-order valence-corrected chi connectivity index (χ1v) is 9.99. The lowest BCUT2D eigenvalue weighted by Crippen LogP contribution is -2.48. The van der Waals surface area contributed by atoms with Gasteiger partial charge in [0.15, 0.2) is 11.9 Å². The number of para-hydroxylation sites is 1. The van der Waals surface area contributed by atoms with Crippen LogP contribution in [-0.2, 0) is 9.53 Å². The third kappa shape index (κ3) is 5.37. The van der Waals surface area contributed by atoms with Crippen LogP contribution in [0.25, 0.3) is 5.69 Å². The van der Waals surface area contributed by atoms with E-state index in [2.05, 4.69) is 15.7 Å². The summed E-state index contributed by atoms with van der Waals surface area (Å²) < 4.78 is 11.9. The molecule has 1 aliphatic carbocycles. The summed E-state index contributed by atoms with van der Waals surface area (Å²) in [5, 5.41) is 9.21. The van der Waals surface area contributed by atoms with Crippen LogP contribution in [0.3, 0.4) is 0 Å². The van der Waals surface area contributed by atoms with Crippen molar-refractivity contribution in [1.29, 1.82) is 0 Å². The van der Waals surface area contributed by atoms with Gasteiger partial charge in [-0.1, -0.05) is 37.5 Å². The second-order valence-corrected chi connectivity index (χ2v) is 7.17. The Balaban J connectivity index is 1.58. The maximum absolute atomic E-state index is 12.5. The van der Waals surface area contributed by atoms with Crippen LogP contribution >= 0.6 is 0 Å². The fourth-order valence-electron chi connectivity index (χ4n) is 3.31. The van der Waals surface area contributed by atoms with Gasteiger partial charge in [0.2, 0.25) is 5.69 Å². The van der Waals surface area contributed by atoms with Gasteiger partial charge in [-0.15, -0.1) is 0 Å². The minimum atomic E-state index is -1.18. The zero-order valence-electron chi connectivity index (χ0n) is 17.1. The number of urea groups is 1. The standard InChI is InChI=1S/C21H26N4O5/c1-14(19(26)23-21(28)22-15-9-5-3-6-10-15)30-20(27)18-17(29-2)13-25(24-18)16-11-7-4-8-12-16/h4,7-8,11-15H,3,5-6,9-10H2,1-2H3,(H2,22,23,26,28). The van der Waals surface area contributed by atoms with Gasteiger partial charge in [0.05, 0.1) is 19.0 Å². The third-order valence-corrected chi connectivity index (χ3v) is 4.94. The molecule has 30 heavy (non-hydrogen) atoms. The summed E-state index contributed by atoms with van der Waals surface area (Å²) in [6.45, 7) is 1.39. The average molecular weight is 414 g/mol. The first-order valence-electron chi connectivity index (χ1n) is 9.99. The molecular formula is C21H26N4O5. The molecule has 0 bridgehead atoms. The summed E-state index contributed by atoms with van der Waals surface area (Å²) in [6, 6.07) is 8.67. The van der Waals surface area contributed by atoms with E-state index in [0.717, 1.165) is 37.8 Å². The number of esters is 1. The average Bonchev–Trinajstić information content (AvgIpc) is 3.19. The number of nitrogens with zero attached hydrogens (tertiary/aromatic N) is 2. The summed E-state index contributed by atoms with van der Waals surface area (Å²) in [5.74, 6) is -1.32. The monoisotopic (exact) mass is 414 g/mol. The topological polar surface area (TPSA) is 112 Å². The Morgan fingerprint density at radius 1 is 1.13 bits per heavy atom. The van der Waals surface area contributed by atoms with Crippen molar-refractivity contribution in [3.63, 3.8) is 0 Å². The minimum absolute atomic E-state index is 0.0624. The second kappa shape index (κ2) is 9.91. The van der Waals surface area contributed by atoms with Crippen LogP contribution in [-0.4, -0.2) is 46.9 Å². The molecule has 160 valence electrons. The lowest BCUT2D eigenvalue weighted by molar-refractivity contribution is -0.127. The molecule has 2 N–H and O–H groups in total. The van der Waals surface area contributed by atoms with Crippen molar-refractivity contribution >= 4 is 17.9 Å². The molecule has 9 nitrogen and oxygen atoms in total. The highest BCUT2D eigenvalue weighted by Gasteiger charge is 2.26. The Morgan fingerprint density at radius 2 is 1.83 bits per heavy atom. The van der Waals surface area contributed by atoms with Gasteiger partial charge < -0.3 is 14.8 Å². The maximum Gasteiger partial charge on any atom is 0.363 e. The van der Waals surface area contributed by atoms with Crippen LogP contribution in [0.4, 0.5) is 4.79 Å². The lowest BCUT2D eigenvalue weighted by atomic mass is 9.96. The molecule has 0 spiro atoms. The van der Waals surface area contributed by atoms with Crippen molar-refractivity contribution in [3.8, 4) is 11.4 Å². The second-order valence-electron chi connectivity index (χ2n) is 7.17. The fourth-order valence-corrected chi connectivity index (χ4v) is 3.31. The summed E-state index contributed by atoms with van der Waals surface area (Å²) in [5.41, 5.74) is 0.674. The van der Waals surface area contributed by atoms with E-state index in [-0.39, 0.29) is 17.5 Å². The summed E-state index contributed by atoms with van der Waals surface area (Å²) in [7, 11) is 1.41. The van der Waals surface area contributed by atoms with Gasteiger partial charge in [-0.3, -0.25) is 10.1 Å². The first kappa shape index (κ1) is 21.4. The molecule has 3 rings (SSSR count). The molecule has 3 amide bonds. The predicted octanol–water partition coefficient (Wildman–Crippen LogP) is 2.58. The van der Waals surface area contributed by atoms with Gasteiger partial charge >= 0.3 is 12.0 Å². The maximum atomic E-state index is 12.5. The molecular weight excluding hydrogens is 388 g/mol. The van der Waals surface area contributed by atoms with E-state index in [1.807, 2.05) is 30.3 Å². The van der Waals surface area contributed by atoms with E-state index >= 15 is 0 Å². The van der Waals surface area contributed by atoms with Gasteiger partial charge in [0.25, 0.3) is 5.91 Å². The number of benzene rings is 1. The van der Waals surface area contributed by atoms with Crippen LogP contribution < -0.4 is 15.4 Å². The number of ether oxygens (including phenoxy) is 2. The SMILES string of the molecule is COc1cn(-c2ccccc2)nc1C(=O)OC(C)C(=O)NC(=O)NC1CCCCC1. The number of hydrogen-bond donors (Lipinski definition) is 2. The highest BCUT2D eigenvalue weighted by Crippen LogP contribution is 2.21. The number of nitrogens with one attached hydrogen (secondary N) is 2. The van der Waals surface area contributed by atoms with Crippen LogP contribution in [0, 0.1) is 0 Å². The number of hydrogen-bond acceptors (Lipinski definition) is 6. The molecule has 1 unspecified atom stereocenters. The molecule has 1 heterocycles. The van der Waals surface area contributed by atoms with Gasteiger partial charge in [-0.05, 0) is 31.9 Å². The summed E-state index contributed by atoms with van der Waals surface area (Å²) in [6.07, 6.45) is 5.45. The van der Waals surface area contributed by atoms with Gasteiger partial charge in [-0.2, -0.15) is 5.10 Å². The van der Waals surface area contributed by atoms with E-state index in [1.165, 1.54) is 18.7 Å². The lowest BCUT2D eigenvalue weighted by Gasteiger charge is -2.23. The number of rotatable bonds is 6. The largest absolute Gasteiger partial charge is 0.493 e. The fraction of sp³-hybridized carbons (Fsp3) is 0.429. The summed E-state index contributed by atoms with van der Waals surface area (Å²) >= 11 is 0. The molecule has 0 saturated heterocycles. The van der Waals surface area contributed by atoms with Gasteiger partial charge in [-0.25, -0.2) is 14.3 Å². The number of imide groups is 1. The van der Waals surface area contributed by atoms with E-state index < -0.39 is 24.0 Å². The zero-order valence-corrected chi connectivity index (χ0v) is 17.1. The van der Waals surface area contributed by atoms with Crippen LogP contribution in [0.1, 0.15) is 49.5 Å². The van der Waals surface area contributed by atoms with Crippen molar-refractivity contribution in [3.05, 3.63) is 42.2 Å². The molecule has 1 aromatic carbocycles. The van der Waals surface area contributed by atoms with Crippen molar-refractivity contribution in [2.75, 3.05) is 7.11 Å². The Hall–Kier alpha value is -3.36. The number of amides is 3. The van der Waals surface area contributed by atoms with Crippen LogP contribution in [0.2, 0.25) is 0 Å². The molecule has 1 aromatic heterocycles. The van der Waals surface area contributed by atoms with Crippen molar-refractivity contribution in [1.82, 2.24) is 20.4 Å². The molecule has 0 aliphatic heterocycles. The minimum Gasteiger partial charge on any atom is -0.493 e. The highest BCUT2D eigenvalue weighted by atomic mass is 16.6. The first-order chi connectivity index (χ1) is 14.5. The Labute approximate surface area is 174 Å². The smallest absolute Gasteiger partial charge is 0.363 e. The van der Waals surface area contributed by atoms with Crippen LogP contribution in [0.15, 0.2) is 36.5 Å². The summed E-state index contributed by atoms with van der Waals surface area (Å²) in [4.78, 5) is 36.8. The molecule has 1 fully saturated rings. The Kier molecular flexibility index (Phi) is 7.05. The van der Waals surface area contributed by atoms with Crippen molar-refractivity contribution < 1.29 is 23.9 Å². The number of carbonyl (C=O) groups is 3. The van der Waals surface area contributed by atoms with Gasteiger partial charge in [0.1, 0.15) is 0 Å². The van der Waals surface area contributed by atoms with E-state index in [0.29, 0.717) is 0 Å². The third-order valence-electron chi connectivity index (χ3n) is 4.94. The Morgan fingerprint density at radius 3 is 2.50 bits per heavy atom. The predicted molar refractivity (Wildman–Crippen MR) is 109 cm³/mol. The normalized spacial score (nSPS) is 15.1. The molecule has 1 atom stereocenters. The molecule has 0 radical (unpaired) electrons. The quantitative estimate of drug-likeness (QED) is 0.703. The molecule has 1 aliphatic rings. The van der Waals surface area contributed by atoms with E-state index in [4.69, 9.17) is 9.47 Å². The van der Waals surface area contributed by atoms with Crippen LogP contribution in [0.5, 0.6) is 5.75 Å². The van der Waals surface area contributed by atoms with Gasteiger partial charge in [0, 0.05) is 6.04 Å². The molecule has 9 heteroatoms.